The molecule has 0 aliphatic carbocycles. The van der Waals surface area contributed by atoms with E-state index in [4.69, 9.17) is 9.84 Å². The molecule has 4 nitrogen and oxygen atoms in total. The lowest BCUT2D eigenvalue weighted by molar-refractivity contribution is -0.145. The molecule has 0 aliphatic heterocycles. The molecule has 0 radical (unpaired) electrons. The van der Waals surface area contributed by atoms with E-state index in [0.29, 0.717) is 19.6 Å². The zero-order chi connectivity index (χ0) is 8.53. The maximum atomic E-state index is 10.7. The summed E-state index contributed by atoms with van der Waals surface area (Å²) >= 11 is 0. The van der Waals surface area contributed by atoms with Crippen LogP contribution in [0, 0.1) is 0 Å². The lowest BCUT2D eigenvalue weighted by atomic mass is 10.3. The summed E-state index contributed by atoms with van der Waals surface area (Å²) in [5.41, 5.74) is 0. The predicted molar refractivity (Wildman–Crippen MR) is 39.2 cm³/mol. The van der Waals surface area contributed by atoms with Crippen LogP contribution in [0.3, 0.4) is 0 Å². The highest BCUT2D eigenvalue weighted by atomic mass is 16.6. The van der Waals surface area contributed by atoms with Crippen LogP contribution in [0.4, 0.5) is 0 Å². The SMILES string of the molecule is COCCOC(=O)CCCO. The number of carbonyl (C=O) groups excluding carboxylic acids is 1. The van der Waals surface area contributed by atoms with Crippen LogP contribution in [-0.4, -0.2) is 38.0 Å². The molecule has 0 aliphatic rings. The second kappa shape index (κ2) is 7.50. The number of aliphatic hydroxyl groups excluding tert-OH is 1. The molecule has 0 fully saturated rings. The zero-order valence-electron chi connectivity index (χ0n) is 6.71. The van der Waals surface area contributed by atoms with E-state index in [1.807, 2.05) is 0 Å². The van der Waals surface area contributed by atoms with Crippen LogP contribution in [0.25, 0.3) is 0 Å². The van der Waals surface area contributed by atoms with Crippen molar-refractivity contribution in [3.63, 3.8) is 0 Å². The highest BCUT2D eigenvalue weighted by Crippen LogP contribution is 1.90. The second-order valence-electron chi connectivity index (χ2n) is 2.04. The molecule has 0 bridgehead atoms. The smallest absolute Gasteiger partial charge is 0.305 e. The highest BCUT2D eigenvalue weighted by Gasteiger charge is 2.00. The van der Waals surface area contributed by atoms with Gasteiger partial charge in [0.05, 0.1) is 6.61 Å². The average molecular weight is 162 g/mol. The Kier molecular flexibility index (Phi) is 7.08. The van der Waals surface area contributed by atoms with E-state index in [-0.39, 0.29) is 19.0 Å². The molecule has 66 valence electrons. The fourth-order valence-corrected chi connectivity index (χ4v) is 0.534. The Morgan fingerprint density at radius 1 is 1.45 bits per heavy atom. The first-order valence-electron chi connectivity index (χ1n) is 3.56. The Morgan fingerprint density at radius 2 is 2.18 bits per heavy atom. The molecule has 0 heterocycles. The summed E-state index contributed by atoms with van der Waals surface area (Å²) in [6, 6.07) is 0. The number of methoxy groups -OCH3 is 1. The van der Waals surface area contributed by atoms with E-state index < -0.39 is 0 Å². The predicted octanol–water partition coefficient (Wildman–Crippen LogP) is -0.0515. The monoisotopic (exact) mass is 162 g/mol. The van der Waals surface area contributed by atoms with Gasteiger partial charge in [-0.1, -0.05) is 0 Å². The minimum absolute atomic E-state index is 0.0272. The molecule has 0 rings (SSSR count). The van der Waals surface area contributed by atoms with Gasteiger partial charge in [-0.05, 0) is 6.42 Å². The van der Waals surface area contributed by atoms with Gasteiger partial charge < -0.3 is 14.6 Å². The number of rotatable bonds is 6. The van der Waals surface area contributed by atoms with Crippen LogP contribution >= 0.6 is 0 Å². The minimum atomic E-state index is -0.281. The third-order valence-corrected chi connectivity index (χ3v) is 1.09. The maximum Gasteiger partial charge on any atom is 0.305 e. The van der Waals surface area contributed by atoms with E-state index in [9.17, 15) is 4.79 Å². The first kappa shape index (κ1) is 10.4. The molecule has 0 atom stereocenters. The molecule has 1 N–H and O–H groups in total. The summed E-state index contributed by atoms with van der Waals surface area (Å²) in [5.74, 6) is -0.281. The molecule has 0 spiro atoms. The molecular weight excluding hydrogens is 148 g/mol. The van der Waals surface area contributed by atoms with Gasteiger partial charge in [0, 0.05) is 20.1 Å². The summed E-state index contributed by atoms with van der Waals surface area (Å²) in [6.45, 7) is 0.741. The van der Waals surface area contributed by atoms with Crippen molar-refractivity contribution in [1.29, 1.82) is 0 Å². The van der Waals surface area contributed by atoms with Gasteiger partial charge >= 0.3 is 5.97 Å². The third-order valence-electron chi connectivity index (χ3n) is 1.09. The largest absolute Gasteiger partial charge is 0.463 e. The number of hydrogen-bond acceptors (Lipinski definition) is 4. The average Bonchev–Trinajstić information content (AvgIpc) is 2.01. The number of carbonyl (C=O) groups is 1. The third kappa shape index (κ3) is 7.29. The van der Waals surface area contributed by atoms with Crippen LogP contribution in [0.1, 0.15) is 12.8 Å². The van der Waals surface area contributed by atoms with E-state index in [1.54, 1.807) is 7.11 Å². The Balaban J connectivity index is 3.09. The molecule has 0 aromatic rings. The highest BCUT2D eigenvalue weighted by molar-refractivity contribution is 5.69. The Morgan fingerprint density at radius 3 is 2.73 bits per heavy atom. The Labute approximate surface area is 66.1 Å². The molecule has 0 aromatic carbocycles. The van der Waals surface area contributed by atoms with Gasteiger partial charge in [0.1, 0.15) is 6.61 Å². The van der Waals surface area contributed by atoms with Crippen molar-refractivity contribution in [2.24, 2.45) is 0 Å². The number of esters is 1. The van der Waals surface area contributed by atoms with Gasteiger partial charge in [0.2, 0.25) is 0 Å². The fraction of sp³-hybridized carbons (Fsp3) is 0.857. The number of hydrogen-bond donors (Lipinski definition) is 1. The van der Waals surface area contributed by atoms with Crippen molar-refractivity contribution in [3.8, 4) is 0 Å². The molecule has 0 unspecified atom stereocenters. The van der Waals surface area contributed by atoms with Crippen molar-refractivity contribution in [1.82, 2.24) is 0 Å². The first-order chi connectivity index (χ1) is 5.31. The van der Waals surface area contributed by atoms with Crippen molar-refractivity contribution >= 4 is 5.97 Å². The van der Waals surface area contributed by atoms with E-state index in [1.165, 1.54) is 0 Å². The quantitative estimate of drug-likeness (QED) is 0.439. The molecule has 0 saturated carbocycles. The van der Waals surface area contributed by atoms with Gasteiger partial charge in [-0.3, -0.25) is 4.79 Å². The summed E-state index contributed by atoms with van der Waals surface area (Å²) in [4.78, 5) is 10.7. The standard InChI is InChI=1S/C7H14O4/c1-10-5-6-11-7(9)3-2-4-8/h8H,2-6H2,1H3. The maximum absolute atomic E-state index is 10.7. The van der Waals surface area contributed by atoms with Crippen molar-refractivity contribution in [2.75, 3.05) is 26.9 Å². The van der Waals surface area contributed by atoms with Crippen molar-refractivity contribution < 1.29 is 19.4 Å². The summed E-state index contributed by atoms with van der Waals surface area (Å²) in [7, 11) is 1.54. The van der Waals surface area contributed by atoms with Gasteiger partial charge in [0.25, 0.3) is 0 Å². The van der Waals surface area contributed by atoms with Crippen LogP contribution < -0.4 is 0 Å². The molecule has 0 aromatic heterocycles. The second-order valence-corrected chi connectivity index (χ2v) is 2.04. The van der Waals surface area contributed by atoms with Crippen LogP contribution in [0.2, 0.25) is 0 Å². The number of ether oxygens (including phenoxy) is 2. The summed E-state index contributed by atoms with van der Waals surface area (Å²) < 4.78 is 9.38. The summed E-state index contributed by atoms with van der Waals surface area (Å²) in [5, 5.41) is 8.35. The van der Waals surface area contributed by atoms with Crippen LogP contribution in [-0.2, 0) is 14.3 Å². The van der Waals surface area contributed by atoms with Gasteiger partial charge in [-0.15, -0.1) is 0 Å². The topological polar surface area (TPSA) is 55.8 Å². The Hall–Kier alpha value is -0.610. The summed E-state index contributed by atoms with van der Waals surface area (Å²) in [6.07, 6.45) is 0.742. The molecular formula is C7H14O4. The molecule has 0 amide bonds. The molecule has 11 heavy (non-hydrogen) atoms. The first-order valence-corrected chi connectivity index (χ1v) is 3.56. The zero-order valence-corrected chi connectivity index (χ0v) is 6.71. The van der Waals surface area contributed by atoms with Crippen molar-refractivity contribution in [2.45, 2.75) is 12.8 Å². The normalized spacial score (nSPS) is 9.64. The molecule has 4 heteroatoms. The number of aliphatic hydroxyl groups is 1. The van der Waals surface area contributed by atoms with Gasteiger partial charge in [-0.25, -0.2) is 0 Å². The minimum Gasteiger partial charge on any atom is -0.463 e. The van der Waals surface area contributed by atoms with E-state index >= 15 is 0 Å². The fourth-order valence-electron chi connectivity index (χ4n) is 0.534. The van der Waals surface area contributed by atoms with Gasteiger partial charge in [-0.2, -0.15) is 0 Å². The van der Waals surface area contributed by atoms with Gasteiger partial charge in [0.15, 0.2) is 0 Å². The van der Waals surface area contributed by atoms with Crippen LogP contribution in [0.15, 0.2) is 0 Å². The Bertz CT molecular complexity index is 103. The van der Waals surface area contributed by atoms with Crippen LogP contribution in [0.5, 0.6) is 0 Å². The van der Waals surface area contributed by atoms with E-state index in [2.05, 4.69) is 4.74 Å². The van der Waals surface area contributed by atoms with E-state index in [0.717, 1.165) is 0 Å². The lowest BCUT2D eigenvalue weighted by Gasteiger charge is -2.01. The van der Waals surface area contributed by atoms with Crippen molar-refractivity contribution in [3.05, 3.63) is 0 Å². The molecule has 0 saturated heterocycles. The lowest BCUT2D eigenvalue weighted by Crippen LogP contribution is -2.09.